The van der Waals surface area contributed by atoms with Crippen molar-refractivity contribution in [3.05, 3.63) is 40.7 Å². The minimum atomic E-state index is -0.172. The molecule has 150 valence electrons. The van der Waals surface area contributed by atoms with Gasteiger partial charge in [-0.2, -0.15) is 5.10 Å². The summed E-state index contributed by atoms with van der Waals surface area (Å²) in [6.45, 7) is 10.5. The average molecular weight is 384 g/mol. The van der Waals surface area contributed by atoms with Gasteiger partial charge >= 0.3 is 0 Å². The maximum Gasteiger partial charge on any atom is 0.243 e. The Balaban J connectivity index is 2.01. The molecule has 1 aromatic carbocycles. The molecule has 0 spiro atoms. The summed E-state index contributed by atoms with van der Waals surface area (Å²) in [5.74, 6) is 1.26. The average Bonchev–Trinajstić information content (AvgIpc) is 2.95. The Kier molecular flexibility index (Phi) is 5.59. The zero-order valence-electron chi connectivity index (χ0n) is 17.3. The number of fused-ring (bicyclic) bond motifs is 1. The molecule has 6 heteroatoms. The van der Waals surface area contributed by atoms with Crippen molar-refractivity contribution in [3.63, 3.8) is 0 Å². The van der Waals surface area contributed by atoms with Gasteiger partial charge in [0.15, 0.2) is 17.3 Å². The number of nitrogens with zero attached hydrogens (tertiary/aromatic N) is 2. The van der Waals surface area contributed by atoms with Crippen LogP contribution in [-0.2, 0) is 12.8 Å². The van der Waals surface area contributed by atoms with Gasteiger partial charge in [-0.25, -0.2) is 4.68 Å². The third kappa shape index (κ3) is 3.96. The first-order valence-corrected chi connectivity index (χ1v) is 9.79. The molecule has 0 atom stereocenters. The molecule has 3 rings (SSSR count). The maximum absolute atomic E-state index is 12.8. The number of carbonyl (C=O) groups is 2. The van der Waals surface area contributed by atoms with Crippen LogP contribution in [0.15, 0.2) is 18.2 Å². The summed E-state index contributed by atoms with van der Waals surface area (Å²) >= 11 is 0. The first-order valence-electron chi connectivity index (χ1n) is 9.79. The lowest BCUT2D eigenvalue weighted by Crippen LogP contribution is -2.29. The number of hydrogen-bond acceptors (Lipinski definition) is 5. The standard InChI is InChI=1S/C22H28N2O4/c1-6-27-19-9-8-15(11-20(19)28-7-2)10-16-21-17(24(23-16)14(3)25)12-22(4,5)13-18(21)26/h8-9,11H,6-7,10,12-13H2,1-5H3. The summed E-state index contributed by atoms with van der Waals surface area (Å²) in [4.78, 5) is 25.0. The van der Waals surface area contributed by atoms with Gasteiger partial charge in [0, 0.05) is 19.8 Å². The van der Waals surface area contributed by atoms with E-state index in [2.05, 4.69) is 5.10 Å². The highest BCUT2D eigenvalue weighted by Crippen LogP contribution is 2.37. The summed E-state index contributed by atoms with van der Waals surface area (Å²) in [6.07, 6.45) is 1.58. The molecular formula is C22H28N2O4. The number of aromatic nitrogens is 2. The topological polar surface area (TPSA) is 70.4 Å². The quantitative estimate of drug-likeness (QED) is 0.750. The zero-order valence-corrected chi connectivity index (χ0v) is 17.3. The fourth-order valence-electron chi connectivity index (χ4n) is 3.81. The molecule has 0 saturated heterocycles. The van der Waals surface area contributed by atoms with Crippen LogP contribution >= 0.6 is 0 Å². The second-order valence-electron chi connectivity index (χ2n) is 7.96. The van der Waals surface area contributed by atoms with Crippen LogP contribution in [0.5, 0.6) is 11.5 Å². The van der Waals surface area contributed by atoms with E-state index >= 15 is 0 Å². The van der Waals surface area contributed by atoms with Gasteiger partial charge in [0.1, 0.15) is 0 Å². The van der Waals surface area contributed by atoms with E-state index in [4.69, 9.17) is 9.47 Å². The van der Waals surface area contributed by atoms with E-state index in [1.165, 1.54) is 11.6 Å². The van der Waals surface area contributed by atoms with Crippen LogP contribution in [0.3, 0.4) is 0 Å². The van der Waals surface area contributed by atoms with E-state index in [0.717, 1.165) is 11.3 Å². The second-order valence-corrected chi connectivity index (χ2v) is 7.96. The largest absolute Gasteiger partial charge is 0.490 e. The first-order chi connectivity index (χ1) is 13.3. The number of hydrogen-bond donors (Lipinski definition) is 0. The van der Waals surface area contributed by atoms with Crippen LogP contribution in [0.4, 0.5) is 0 Å². The van der Waals surface area contributed by atoms with Crippen LogP contribution in [0.25, 0.3) is 0 Å². The minimum absolute atomic E-state index is 0.0599. The Bertz CT molecular complexity index is 912. The molecule has 28 heavy (non-hydrogen) atoms. The van der Waals surface area contributed by atoms with Crippen LogP contribution < -0.4 is 9.47 Å². The van der Waals surface area contributed by atoms with Crippen molar-refractivity contribution in [2.75, 3.05) is 13.2 Å². The molecule has 0 fully saturated rings. The Morgan fingerprint density at radius 3 is 2.46 bits per heavy atom. The number of Topliss-reactive ketones (excluding diaryl/α,β-unsaturated/α-hetero) is 1. The normalized spacial score (nSPS) is 15.2. The smallest absolute Gasteiger partial charge is 0.243 e. The molecule has 0 N–H and O–H groups in total. The molecule has 0 bridgehead atoms. The molecule has 2 aromatic rings. The van der Waals surface area contributed by atoms with Gasteiger partial charge in [0.2, 0.25) is 5.91 Å². The van der Waals surface area contributed by atoms with Gasteiger partial charge in [-0.05, 0) is 43.4 Å². The van der Waals surface area contributed by atoms with Crippen LogP contribution in [-0.4, -0.2) is 34.7 Å². The van der Waals surface area contributed by atoms with E-state index < -0.39 is 0 Å². The lowest BCUT2D eigenvalue weighted by Gasteiger charge is -2.28. The van der Waals surface area contributed by atoms with Gasteiger partial charge in [-0.15, -0.1) is 0 Å². The van der Waals surface area contributed by atoms with E-state index in [9.17, 15) is 9.59 Å². The molecule has 0 amide bonds. The molecule has 0 aliphatic heterocycles. The predicted molar refractivity (Wildman–Crippen MR) is 107 cm³/mol. The van der Waals surface area contributed by atoms with Crippen LogP contribution in [0, 0.1) is 5.41 Å². The molecule has 0 unspecified atom stereocenters. The van der Waals surface area contributed by atoms with Crippen molar-refractivity contribution >= 4 is 11.7 Å². The van der Waals surface area contributed by atoms with Gasteiger partial charge in [-0.1, -0.05) is 19.9 Å². The zero-order chi connectivity index (χ0) is 20.5. The van der Waals surface area contributed by atoms with E-state index in [0.29, 0.717) is 55.2 Å². The van der Waals surface area contributed by atoms with Crippen molar-refractivity contribution in [2.24, 2.45) is 5.41 Å². The summed E-state index contributed by atoms with van der Waals surface area (Å²) in [5, 5.41) is 4.51. The van der Waals surface area contributed by atoms with E-state index in [1.54, 1.807) is 0 Å². The van der Waals surface area contributed by atoms with Crippen molar-refractivity contribution in [1.29, 1.82) is 0 Å². The van der Waals surface area contributed by atoms with E-state index in [-0.39, 0.29) is 17.1 Å². The van der Waals surface area contributed by atoms with Crippen molar-refractivity contribution in [1.82, 2.24) is 9.78 Å². The van der Waals surface area contributed by atoms with Crippen LogP contribution in [0.2, 0.25) is 0 Å². The molecule has 1 aliphatic rings. The third-order valence-corrected chi connectivity index (χ3v) is 4.90. The predicted octanol–water partition coefficient (Wildman–Crippen LogP) is 4.09. The lowest BCUT2D eigenvalue weighted by atomic mass is 9.75. The molecular weight excluding hydrogens is 356 g/mol. The Morgan fingerprint density at radius 1 is 1.14 bits per heavy atom. The number of ketones is 1. The van der Waals surface area contributed by atoms with Crippen molar-refractivity contribution < 1.29 is 19.1 Å². The lowest BCUT2D eigenvalue weighted by molar-refractivity contribution is 0.0895. The number of carbonyl (C=O) groups excluding carboxylic acids is 2. The summed E-state index contributed by atoms with van der Waals surface area (Å²) in [6, 6.07) is 5.75. The molecule has 0 saturated carbocycles. The molecule has 0 radical (unpaired) electrons. The highest BCUT2D eigenvalue weighted by atomic mass is 16.5. The van der Waals surface area contributed by atoms with Crippen molar-refractivity contribution in [3.8, 4) is 11.5 Å². The minimum Gasteiger partial charge on any atom is -0.490 e. The number of ether oxygens (including phenoxy) is 2. The van der Waals surface area contributed by atoms with Gasteiger partial charge in [0.25, 0.3) is 0 Å². The second kappa shape index (κ2) is 7.78. The Morgan fingerprint density at radius 2 is 1.82 bits per heavy atom. The molecule has 1 heterocycles. The third-order valence-electron chi connectivity index (χ3n) is 4.90. The highest BCUT2D eigenvalue weighted by molar-refractivity contribution is 6.00. The summed E-state index contributed by atoms with van der Waals surface area (Å²) in [7, 11) is 0. The monoisotopic (exact) mass is 384 g/mol. The maximum atomic E-state index is 12.8. The fourth-order valence-corrected chi connectivity index (χ4v) is 3.81. The summed E-state index contributed by atoms with van der Waals surface area (Å²) < 4.78 is 12.7. The number of benzene rings is 1. The fraction of sp³-hybridized carbons (Fsp3) is 0.500. The van der Waals surface area contributed by atoms with E-state index in [1.807, 2.05) is 45.9 Å². The van der Waals surface area contributed by atoms with Gasteiger partial charge < -0.3 is 9.47 Å². The molecule has 6 nitrogen and oxygen atoms in total. The first kappa shape index (κ1) is 20.1. The Labute approximate surface area is 165 Å². The van der Waals surface area contributed by atoms with Gasteiger partial charge in [-0.3, -0.25) is 9.59 Å². The summed E-state index contributed by atoms with van der Waals surface area (Å²) in [5.41, 5.74) is 2.79. The molecule has 1 aromatic heterocycles. The number of rotatable bonds is 6. The van der Waals surface area contributed by atoms with Crippen molar-refractivity contribution in [2.45, 2.75) is 53.9 Å². The van der Waals surface area contributed by atoms with Crippen LogP contribution in [0.1, 0.15) is 73.1 Å². The highest BCUT2D eigenvalue weighted by Gasteiger charge is 2.37. The van der Waals surface area contributed by atoms with Gasteiger partial charge in [0.05, 0.1) is 30.2 Å². The SMILES string of the molecule is CCOc1ccc(Cc2nn(C(C)=O)c3c2C(=O)CC(C)(C)C3)cc1OCC. The molecule has 1 aliphatic carbocycles. The Hall–Kier alpha value is -2.63.